The normalized spacial score (nSPS) is 11.8. The zero-order chi connectivity index (χ0) is 13.4. The van der Waals surface area contributed by atoms with Crippen LogP contribution in [0.2, 0.25) is 0 Å². The standard InChI is InChI=1S/C12H15F4NO/c13-11-4-1-3-10(7-11)8-17-5-2-6-18-9-12(14,15)16/h1,3-4,7,17H,2,5-6,8-9H2. The van der Waals surface area contributed by atoms with Crippen LogP contribution in [0.15, 0.2) is 24.3 Å². The predicted octanol–water partition coefficient (Wildman–Crippen LogP) is 2.88. The Bertz CT molecular complexity index is 354. The van der Waals surface area contributed by atoms with E-state index in [0.717, 1.165) is 5.56 Å². The quantitative estimate of drug-likeness (QED) is 0.604. The van der Waals surface area contributed by atoms with Gasteiger partial charge in [0.15, 0.2) is 0 Å². The van der Waals surface area contributed by atoms with E-state index in [-0.39, 0.29) is 12.4 Å². The van der Waals surface area contributed by atoms with Crippen molar-refractivity contribution in [1.82, 2.24) is 5.32 Å². The van der Waals surface area contributed by atoms with Gasteiger partial charge in [-0.2, -0.15) is 13.2 Å². The number of hydrogen-bond donors (Lipinski definition) is 1. The van der Waals surface area contributed by atoms with Gasteiger partial charge in [-0.3, -0.25) is 0 Å². The summed E-state index contributed by atoms with van der Waals surface area (Å²) in [5.74, 6) is -0.303. The van der Waals surface area contributed by atoms with Crippen molar-refractivity contribution in [3.8, 4) is 0 Å². The number of ether oxygens (including phenoxy) is 1. The molecule has 0 atom stereocenters. The van der Waals surface area contributed by atoms with E-state index in [9.17, 15) is 17.6 Å². The molecular formula is C12H15F4NO. The average Bonchev–Trinajstić information content (AvgIpc) is 2.26. The van der Waals surface area contributed by atoms with Crippen molar-refractivity contribution in [2.75, 3.05) is 19.8 Å². The first-order chi connectivity index (χ1) is 8.47. The van der Waals surface area contributed by atoms with E-state index in [0.29, 0.717) is 19.5 Å². The Morgan fingerprint density at radius 2 is 2.00 bits per heavy atom. The highest BCUT2D eigenvalue weighted by Crippen LogP contribution is 2.14. The first-order valence-corrected chi connectivity index (χ1v) is 5.57. The lowest BCUT2D eigenvalue weighted by atomic mass is 10.2. The first-order valence-electron chi connectivity index (χ1n) is 5.57. The molecule has 0 aliphatic carbocycles. The number of benzene rings is 1. The summed E-state index contributed by atoms with van der Waals surface area (Å²) < 4.78 is 52.4. The minimum atomic E-state index is -4.27. The van der Waals surface area contributed by atoms with Gasteiger partial charge in [0.2, 0.25) is 0 Å². The van der Waals surface area contributed by atoms with Gasteiger partial charge in [-0.15, -0.1) is 0 Å². The topological polar surface area (TPSA) is 21.3 Å². The number of hydrogen-bond acceptors (Lipinski definition) is 2. The third kappa shape index (κ3) is 7.24. The van der Waals surface area contributed by atoms with Crippen LogP contribution in [0.5, 0.6) is 0 Å². The maximum Gasteiger partial charge on any atom is 0.411 e. The van der Waals surface area contributed by atoms with Crippen molar-refractivity contribution in [3.63, 3.8) is 0 Å². The smallest absolute Gasteiger partial charge is 0.372 e. The fourth-order valence-electron chi connectivity index (χ4n) is 1.37. The Hall–Kier alpha value is -1.14. The van der Waals surface area contributed by atoms with E-state index in [2.05, 4.69) is 10.1 Å². The molecule has 2 nitrogen and oxygen atoms in total. The maximum absolute atomic E-state index is 12.8. The number of rotatable bonds is 7. The highest BCUT2D eigenvalue weighted by molar-refractivity contribution is 5.15. The predicted molar refractivity (Wildman–Crippen MR) is 59.6 cm³/mol. The van der Waals surface area contributed by atoms with Gasteiger partial charge in [-0.25, -0.2) is 4.39 Å². The minimum Gasteiger partial charge on any atom is -0.372 e. The molecule has 1 N–H and O–H groups in total. The summed E-state index contributed by atoms with van der Waals surface area (Å²) in [6.45, 7) is -0.155. The lowest BCUT2D eigenvalue weighted by molar-refractivity contribution is -0.173. The SMILES string of the molecule is Fc1cccc(CNCCCOCC(F)(F)F)c1. The van der Waals surface area contributed by atoms with E-state index in [1.54, 1.807) is 12.1 Å². The number of nitrogens with one attached hydrogen (secondary N) is 1. The Labute approximate surface area is 103 Å². The van der Waals surface area contributed by atoms with Crippen molar-refractivity contribution < 1.29 is 22.3 Å². The van der Waals surface area contributed by atoms with Crippen molar-refractivity contribution >= 4 is 0 Å². The second-order valence-corrected chi connectivity index (χ2v) is 3.83. The van der Waals surface area contributed by atoms with Gasteiger partial charge in [0, 0.05) is 13.2 Å². The molecule has 0 saturated carbocycles. The first kappa shape index (κ1) is 14.9. The van der Waals surface area contributed by atoms with Crippen molar-refractivity contribution in [3.05, 3.63) is 35.6 Å². The summed E-state index contributed by atoms with van der Waals surface area (Å²) in [4.78, 5) is 0. The second kappa shape index (κ2) is 7.33. The Kier molecular flexibility index (Phi) is 6.07. The fourth-order valence-corrected chi connectivity index (χ4v) is 1.37. The Balaban J connectivity index is 2.02. The molecular weight excluding hydrogens is 250 g/mol. The minimum absolute atomic E-state index is 0.0513. The summed E-state index contributed by atoms with van der Waals surface area (Å²) in [6.07, 6.45) is -3.79. The third-order valence-corrected chi connectivity index (χ3v) is 2.13. The largest absolute Gasteiger partial charge is 0.411 e. The molecule has 0 aliphatic heterocycles. The van der Waals surface area contributed by atoms with Gasteiger partial charge >= 0.3 is 6.18 Å². The zero-order valence-corrected chi connectivity index (χ0v) is 9.77. The van der Waals surface area contributed by atoms with Crippen LogP contribution in [-0.4, -0.2) is 25.9 Å². The molecule has 0 amide bonds. The van der Waals surface area contributed by atoms with Crippen LogP contribution < -0.4 is 5.32 Å². The maximum atomic E-state index is 12.8. The number of alkyl halides is 3. The summed E-state index contributed by atoms with van der Waals surface area (Å²) in [5, 5.41) is 3.00. The van der Waals surface area contributed by atoms with E-state index >= 15 is 0 Å². The van der Waals surface area contributed by atoms with Gasteiger partial charge < -0.3 is 10.1 Å². The van der Waals surface area contributed by atoms with Crippen LogP contribution in [0, 0.1) is 5.82 Å². The van der Waals surface area contributed by atoms with Crippen molar-refractivity contribution in [2.24, 2.45) is 0 Å². The molecule has 0 radical (unpaired) electrons. The van der Waals surface area contributed by atoms with E-state index in [4.69, 9.17) is 0 Å². The van der Waals surface area contributed by atoms with Gasteiger partial charge in [-0.05, 0) is 30.7 Å². The monoisotopic (exact) mass is 265 g/mol. The molecule has 0 spiro atoms. The van der Waals surface area contributed by atoms with Crippen molar-refractivity contribution in [2.45, 2.75) is 19.1 Å². The summed E-state index contributed by atoms with van der Waals surface area (Å²) >= 11 is 0. The lowest BCUT2D eigenvalue weighted by Crippen LogP contribution is -2.20. The summed E-state index contributed by atoms with van der Waals surface area (Å²) in [7, 11) is 0. The van der Waals surface area contributed by atoms with Crippen LogP contribution in [0.4, 0.5) is 17.6 Å². The Morgan fingerprint density at radius 3 is 2.67 bits per heavy atom. The zero-order valence-electron chi connectivity index (χ0n) is 9.77. The molecule has 0 aliphatic rings. The summed E-state index contributed by atoms with van der Waals surface area (Å²) in [5.41, 5.74) is 0.797. The van der Waals surface area contributed by atoms with Crippen LogP contribution in [0.3, 0.4) is 0 Å². The van der Waals surface area contributed by atoms with E-state index in [1.165, 1.54) is 12.1 Å². The highest BCUT2D eigenvalue weighted by atomic mass is 19.4. The molecule has 0 saturated heterocycles. The molecule has 0 bridgehead atoms. The molecule has 1 aromatic carbocycles. The van der Waals surface area contributed by atoms with Gasteiger partial charge in [0.05, 0.1) is 0 Å². The van der Waals surface area contributed by atoms with Crippen molar-refractivity contribution in [1.29, 1.82) is 0 Å². The molecule has 1 aromatic rings. The molecule has 1 rings (SSSR count). The van der Waals surface area contributed by atoms with Gasteiger partial charge in [0.25, 0.3) is 0 Å². The lowest BCUT2D eigenvalue weighted by Gasteiger charge is -2.08. The van der Waals surface area contributed by atoms with Crippen LogP contribution in [-0.2, 0) is 11.3 Å². The summed E-state index contributed by atoms with van der Waals surface area (Å²) in [6, 6.07) is 6.15. The fraction of sp³-hybridized carbons (Fsp3) is 0.500. The number of halogens is 4. The molecule has 6 heteroatoms. The molecule has 102 valence electrons. The molecule has 0 unspecified atom stereocenters. The van der Waals surface area contributed by atoms with Crippen LogP contribution in [0.25, 0.3) is 0 Å². The highest BCUT2D eigenvalue weighted by Gasteiger charge is 2.27. The molecule has 0 fully saturated rings. The average molecular weight is 265 g/mol. The van der Waals surface area contributed by atoms with E-state index < -0.39 is 12.8 Å². The second-order valence-electron chi connectivity index (χ2n) is 3.83. The Morgan fingerprint density at radius 1 is 1.22 bits per heavy atom. The molecule has 0 heterocycles. The van der Waals surface area contributed by atoms with Crippen LogP contribution in [0.1, 0.15) is 12.0 Å². The van der Waals surface area contributed by atoms with E-state index in [1.807, 2.05) is 0 Å². The molecule has 18 heavy (non-hydrogen) atoms. The molecule has 0 aromatic heterocycles. The van der Waals surface area contributed by atoms with Gasteiger partial charge in [-0.1, -0.05) is 12.1 Å². The van der Waals surface area contributed by atoms with Gasteiger partial charge in [0.1, 0.15) is 12.4 Å². The van der Waals surface area contributed by atoms with Crippen LogP contribution >= 0.6 is 0 Å². The third-order valence-electron chi connectivity index (χ3n) is 2.13.